The Labute approximate surface area is 168 Å². The monoisotopic (exact) mass is 405 g/mol. The number of allylic oxidation sites excluding steroid dienone is 1. The Kier molecular flexibility index (Phi) is 4.54. The Balaban J connectivity index is 1.88. The molecule has 0 radical (unpaired) electrons. The van der Waals surface area contributed by atoms with E-state index in [0.29, 0.717) is 21.6 Å². The fourth-order valence-electron chi connectivity index (χ4n) is 4.15. The van der Waals surface area contributed by atoms with Gasteiger partial charge in [0.05, 0.1) is 5.41 Å². The van der Waals surface area contributed by atoms with Crippen LogP contribution in [0.15, 0.2) is 48.5 Å². The van der Waals surface area contributed by atoms with Crippen molar-refractivity contribution in [3.63, 3.8) is 0 Å². The molecule has 1 aliphatic carbocycles. The van der Waals surface area contributed by atoms with E-state index in [-0.39, 0.29) is 17.7 Å². The SMILES string of the molecule is CC12C=C(c3ccc(Cl)cc3Cl)[C@@H](c3ccc(Cl)cc3)C[C@@H]1CNC2=O. The van der Waals surface area contributed by atoms with E-state index < -0.39 is 5.41 Å². The third-order valence-electron chi connectivity index (χ3n) is 5.71. The minimum absolute atomic E-state index is 0.0830. The zero-order valence-electron chi connectivity index (χ0n) is 14.2. The van der Waals surface area contributed by atoms with Crippen LogP contribution in [0.2, 0.25) is 15.1 Å². The van der Waals surface area contributed by atoms with Crippen LogP contribution in [0.25, 0.3) is 5.57 Å². The predicted octanol–water partition coefficient (Wildman–Crippen LogP) is 5.97. The zero-order chi connectivity index (χ0) is 18.5. The molecule has 2 aromatic rings. The first-order valence-electron chi connectivity index (χ1n) is 8.60. The molecule has 0 bridgehead atoms. The van der Waals surface area contributed by atoms with Gasteiger partial charge in [-0.05, 0) is 60.2 Å². The molecule has 0 saturated carbocycles. The molecule has 2 aliphatic rings. The molecule has 5 heteroatoms. The Morgan fingerprint density at radius 1 is 1.04 bits per heavy atom. The number of halogens is 3. The zero-order valence-corrected chi connectivity index (χ0v) is 16.5. The number of carbonyl (C=O) groups excluding carboxylic acids is 1. The van der Waals surface area contributed by atoms with Crippen molar-refractivity contribution >= 4 is 46.3 Å². The number of fused-ring (bicyclic) bond motifs is 1. The largest absolute Gasteiger partial charge is 0.355 e. The number of amides is 1. The van der Waals surface area contributed by atoms with Crippen LogP contribution in [-0.2, 0) is 4.79 Å². The lowest BCUT2D eigenvalue weighted by Gasteiger charge is -2.37. The van der Waals surface area contributed by atoms with Crippen LogP contribution >= 0.6 is 34.8 Å². The van der Waals surface area contributed by atoms with Crippen LogP contribution in [0, 0.1) is 11.3 Å². The lowest BCUT2D eigenvalue weighted by Crippen LogP contribution is -2.34. The summed E-state index contributed by atoms with van der Waals surface area (Å²) < 4.78 is 0. The highest BCUT2D eigenvalue weighted by molar-refractivity contribution is 6.35. The molecule has 0 aromatic heterocycles. The molecule has 1 amide bonds. The first-order chi connectivity index (χ1) is 12.4. The summed E-state index contributed by atoms with van der Waals surface area (Å²) in [4.78, 5) is 12.5. The Hall–Kier alpha value is -1.48. The van der Waals surface area contributed by atoms with Gasteiger partial charge in [-0.1, -0.05) is 59.1 Å². The summed E-state index contributed by atoms with van der Waals surface area (Å²) in [6.45, 7) is 2.72. The lowest BCUT2D eigenvalue weighted by molar-refractivity contribution is -0.125. The fraction of sp³-hybridized carbons (Fsp3) is 0.286. The second-order valence-corrected chi connectivity index (χ2v) is 8.53. The number of carbonyl (C=O) groups is 1. The minimum Gasteiger partial charge on any atom is -0.355 e. The average Bonchev–Trinajstić information content (AvgIpc) is 2.89. The van der Waals surface area contributed by atoms with E-state index in [4.69, 9.17) is 34.8 Å². The highest BCUT2D eigenvalue weighted by Gasteiger charge is 2.49. The highest BCUT2D eigenvalue weighted by Crippen LogP contribution is 2.52. The van der Waals surface area contributed by atoms with E-state index in [2.05, 4.69) is 23.5 Å². The smallest absolute Gasteiger partial charge is 0.230 e. The fourth-order valence-corrected chi connectivity index (χ4v) is 4.79. The molecule has 4 rings (SSSR count). The van der Waals surface area contributed by atoms with Crippen molar-refractivity contribution in [1.29, 1.82) is 0 Å². The van der Waals surface area contributed by atoms with Crippen LogP contribution < -0.4 is 5.32 Å². The van der Waals surface area contributed by atoms with E-state index in [0.717, 1.165) is 17.6 Å². The number of hydrogen-bond acceptors (Lipinski definition) is 1. The molecule has 3 atom stereocenters. The molecule has 0 spiro atoms. The number of rotatable bonds is 2. The number of hydrogen-bond donors (Lipinski definition) is 1. The van der Waals surface area contributed by atoms with Crippen molar-refractivity contribution in [3.05, 3.63) is 74.7 Å². The van der Waals surface area contributed by atoms with Crippen molar-refractivity contribution in [1.82, 2.24) is 5.32 Å². The maximum Gasteiger partial charge on any atom is 0.230 e. The molecule has 1 heterocycles. The van der Waals surface area contributed by atoms with Crippen molar-refractivity contribution in [3.8, 4) is 0 Å². The van der Waals surface area contributed by atoms with Gasteiger partial charge >= 0.3 is 0 Å². The molecule has 1 fully saturated rings. The Morgan fingerprint density at radius 3 is 2.42 bits per heavy atom. The van der Waals surface area contributed by atoms with Crippen molar-refractivity contribution in [2.24, 2.45) is 11.3 Å². The molecule has 1 saturated heterocycles. The Morgan fingerprint density at radius 2 is 1.73 bits per heavy atom. The topological polar surface area (TPSA) is 29.1 Å². The van der Waals surface area contributed by atoms with Gasteiger partial charge in [-0.3, -0.25) is 4.79 Å². The Bertz CT molecular complexity index is 906. The third-order valence-corrected chi connectivity index (χ3v) is 6.51. The molecule has 1 N–H and O–H groups in total. The standard InChI is InChI=1S/C21H18Cl3NO/c1-21-10-18(16-7-6-15(23)9-19(16)24)17(8-13(21)11-25-20(21)26)12-2-4-14(22)5-3-12/h2-7,9-10,13,17H,8,11H2,1H3,(H,25,26)/t13-,17-,21?/m1/s1. The first kappa shape index (κ1) is 17.9. The molecular weight excluding hydrogens is 389 g/mol. The normalized spacial score (nSPS) is 27.7. The van der Waals surface area contributed by atoms with Gasteiger partial charge in [-0.25, -0.2) is 0 Å². The van der Waals surface area contributed by atoms with Gasteiger partial charge in [0.2, 0.25) is 5.91 Å². The second kappa shape index (κ2) is 6.60. The van der Waals surface area contributed by atoms with Crippen LogP contribution in [-0.4, -0.2) is 12.5 Å². The van der Waals surface area contributed by atoms with Crippen molar-refractivity contribution in [2.75, 3.05) is 6.54 Å². The van der Waals surface area contributed by atoms with E-state index in [9.17, 15) is 4.79 Å². The second-order valence-electron chi connectivity index (χ2n) is 7.25. The summed E-state index contributed by atoms with van der Waals surface area (Å²) >= 11 is 18.7. The van der Waals surface area contributed by atoms with Gasteiger partial charge in [0, 0.05) is 27.5 Å². The van der Waals surface area contributed by atoms with Crippen molar-refractivity contribution in [2.45, 2.75) is 19.3 Å². The van der Waals surface area contributed by atoms with Crippen LogP contribution in [0.5, 0.6) is 0 Å². The van der Waals surface area contributed by atoms with E-state index in [1.807, 2.05) is 31.2 Å². The van der Waals surface area contributed by atoms with Crippen LogP contribution in [0.3, 0.4) is 0 Å². The summed E-state index contributed by atoms with van der Waals surface area (Å²) in [5.74, 6) is 0.488. The van der Waals surface area contributed by atoms with E-state index in [1.54, 1.807) is 6.07 Å². The summed E-state index contributed by atoms with van der Waals surface area (Å²) in [5.41, 5.74) is 2.66. The van der Waals surface area contributed by atoms with Crippen molar-refractivity contribution < 1.29 is 4.79 Å². The molecule has 26 heavy (non-hydrogen) atoms. The maximum atomic E-state index is 12.5. The lowest BCUT2D eigenvalue weighted by atomic mass is 9.65. The molecular formula is C21H18Cl3NO. The molecule has 2 nitrogen and oxygen atoms in total. The summed E-state index contributed by atoms with van der Waals surface area (Å²) in [6.07, 6.45) is 2.99. The van der Waals surface area contributed by atoms with Gasteiger partial charge in [0.1, 0.15) is 0 Å². The van der Waals surface area contributed by atoms with Crippen LogP contribution in [0.4, 0.5) is 0 Å². The summed E-state index contributed by atoms with van der Waals surface area (Å²) in [7, 11) is 0. The van der Waals surface area contributed by atoms with Gasteiger partial charge in [0.15, 0.2) is 0 Å². The van der Waals surface area contributed by atoms with Crippen LogP contribution in [0.1, 0.15) is 30.4 Å². The van der Waals surface area contributed by atoms with E-state index in [1.165, 1.54) is 5.56 Å². The van der Waals surface area contributed by atoms with Gasteiger partial charge in [-0.2, -0.15) is 0 Å². The molecule has 1 aliphatic heterocycles. The van der Waals surface area contributed by atoms with Gasteiger partial charge in [-0.15, -0.1) is 0 Å². The summed E-state index contributed by atoms with van der Waals surface area (Å²) in [5, 5.41) is 4.93. The van der Waals surface area contributed by atoms with E-state index >= 15 is 0 Å². The third kappa shape index (κ3) is 2.94. The van der Waals surface area contributed by atoms with Gasteiger partial charge in [0.25, 0.3) is 0 Å². The maximum absolute atomic E-state index is 12.5. The minimum atomic E-state index is -0.513. The predicted molar refractivity (Wildman–Crippen MR) is 108 cm³/mol. The molecule has 134 valence electrons. The molecule has 2 aromatic carbocycles. The number of benzene rings is 2. The summed E-state index contributed by atoms with van der Waals surface area (Å²) in [6, 6.07) is 13.5. The average molecular weight is 407 g/mol. The first-order valence-corrected chi connectivity index (χ1v) is 9.74. The van der Waals surface area contributed by atoms with Gasteiger partial charge < -0.3 is 5.32 Å². The highest BCUT2D eigenvalue weighted by atomic mass is 35.5. The molecule has 1 unspecified atom stereocenters. The quantitative estimate of drug-likeness (QED) is 0.654. The number of nitrogens with one attached hydrogen (secondary N) is 1.